The van der Waals surface area contributed by atoms with Crippen LogP contribution >= 0.6 is 0 Å². The van der Waals surface area contributed by atoms with Crippen molar-refractivity contribution in [1.82, 2.24) is 30.4 Å². The first-order valence-corrected chi connectivity index (χ1v) is 9.37. The zero-order chi connectivity index (χ0) is 20.4. The maximum atomic E-state index is 13.6. The lowest BCUT2D eigenvalue weighted by atomic mass is 10.0. The van der Waals surface area contributed by atoms with E-state index >= 15 is 0 Å². The molecule has 1 amide bonds. The molecule has 0 aliphatic carbocycles. The van der Waals surface area contributed by atoms with Crippen LogP contribution in [0.1, 0.15) is 16.9 Å². The Hall–Kier alpha value is -3.33. The van der Waals surface area contributed by atoms with Crippen molar-refractivity contribution < 1.29 is 9.18 Å². The van der Waals surface area contributed by atoms with Crippen molar-refractivity contribution in [2.75, 3.05) is 18.8 Å². The van der Waals surface area contributed by atoms with Gasteiger partial charge in [-0.05, 0) is 11.6 Å². The van der Waals surface area contributed by atoms with Gasteiger partial charge in [-0.15, -0.1) is 0 Å². The third-order valence-corrected chi connectivity index (χ3v) is 4.84. The number of carbonyl (C=O) groups excluding carboxylic acids is 1. The second-order valence-corrected chi connectivity index (χ2v) is 7.13. The summed E-state index contributed by atoms with van der Waals surface area (Å²) in [6, 6.07) is 7.41. The van der Waals surface area contributed by atoms with E-state index in [2.05, 4.69) is 25.7 Å². The number of anilines is 1. The number of piperidine rings is 1. The van der Waals surface area contributed by atoms with Crippen LogP contribution in [0, 0.1) is 0 Å². The van der Waals surface area contributed by atoms with Crippen molar-refractivity contribution in [3.05, 3.63) is 48.5 Å². The topological polar surface area (TPSA) is 111 Å². The molecule has 4 N–H and O–H groups in total. The fraction of sp³-hybridized carbons (Fsp3) is 0.300. The van der Waals surface area contributed by atoms with Crippen LogP contribution in [-0.2, 0) is 7.05 Å². The summed E-state index contributed by atoms with van der Waals surface area (Å²) >= 11 is 0. The van der Waals surface area contributed by atoms with E-state index in [0.29, 0.717) is 18.8 Å². The Morgan fingerprint density at radius 1 is 1.28 bits per heavy atom. The first kappa shape index (κ1) is 19.0. The van der Waals surface area contributed by atoms with Crippen molar-refractivity contribution >= 4 is 11.7 Å². The summed E-state index contributed by atoms with van der Waals surface area (Å²) < 4.78 is 15.3. The number of alkyl halides is 1. The molecule has 3 heterocycles. The lowest BCUT2D eigenvalue weighted by Crippen LogP contribution is -2.49. The van der Waals surface area contributed by atoms with E-state index < -0.39 is 12.1 Å². The summed E-state index contributed by atoms with van der Waals surface area (Å²) in [5.41, 5.74) is 9.20. The number of aryl methyl sites for hydroxylation is 1. The van der Waals surface area contributed by atoms with Crippen molar-refractivity contribution in [3.8, 4) is 22.4 Å². The molecule has 1 fully saturated rings. The Morgan fingerprint density at radius 3 is 2.86 bits per heavy atom. The molecule has 0 radical (unpaired) electrons. The minimum absolute atomic E-state index is 0.0373. The van der Waals surface area contributed by atoms with Gasteiger partial charge in [-0.2, -0.15) is 5.10 Å². The number of rotatable bonds is 4. The van der Waals surface area contributed by atoms with Gasteiger partial charge >= 0.3 is 0 Å². The zero-order valence-corrected chi connectivity index (χ0v) is 16.0. The molecule has 0 spiro atoms. The van der Waals surface area contributed by atoms with Gasteiger partial charge in [0.05, 0.1) is 18.1 Å². The monoisotopic (exact) mass is 395 g/mol. The van der Waals surface area contributed by atoms with E-state index in [1.807, 2.05) is 37.5 Å². The first-order chi connectivity index (χ1) is 14.0. The van der Waals surface area contributed by atoms with Gasteiger partial charge in [0.1, 0.15) is 6.17 Å². The van der Waals surface area contributed by atoms with Gasteiger partial charge in [0.25, 0.3) is 5.91 Å². The molecule has 150 valence electrons. The highest BCUT2D eigenvalue weighted by Gasteiger charge is 2.24. The second-order valence-electron chi connectivity index (χ2n) is 7.13. The quantitative estimate of drug-likeness (QED) is 0.618. The van der Waals surface area contributed by atoms with Gasteiger partial charge in [-0.25, -0.2) is 14.4 Å². The number of nitrogen functional groups attached to an aromatic ring is 1. The van der Waals surface area contributed by atoms with Gasteiger partial charge in [0.15, 0.2) is 11.5 Å². The second kappa shape index (κ2) is 7.96. The SMILES string of the molecule is Cn1cc(-c2cccc(-c3cnc(N)c(C(=O)NC4CNCC(F)C4)n3)c2)cn1. The van der Waals surface area contributed by atoms with E-state index in [4.69, 9.17) is 5.73 Å². The van der Waals surface area contributed by atoms with Gasteiger partial charge < -0.3 is 16.4 Å². The number of benzene rings is 1. The number of amides is 1. The summed E-state index contributed by atoms with van der Waals surface area (Å²) in [5.74, 6) is -0.420. The molecule has 2 atom stereocenters. The van der Waals surface area contributed by atoms with Crippen LogP contribution in [-0.4, -0.2) is 51.0 Å². The third-order valence-electron chi connectivity index (χ3n) is 4.84. The number of hydrogen-bond donors (Lipinski definition) is 3. The number of nitrogens with zero attached hydrogens (tertiary/aromatic N) is 4. The van der Waals surface area contributed by atoms with E-state index in [-0.39, 0.29) is 24.0 Å². The number of carbonyl (C=O) groups is 1. The standard InChI is InChI=1S/C20H22FN7O/c1-28-11-14(7-25-28)12-3-2-4-13(5-12)17-10-24-19(22)18(27-17)20(29)26-16-6-15(21)8-23-9-16/h2-5,7,10-11,15-16,23H,6,8-9H2,1H3,(H2,22,24)(H,26,29). The molecular formula is C20H22FN7O. The van der Waals surface area contributed by atoms with Crippen LogP contribution in [0.3, 0.4) is 0 Å². The Kier molecular flexibility index (Phi) is 5.22. The highest BCUT2D eigenvalue weighted by molar-refractivity contribution is 5.97. The Balaban J connectivity index is 1.59. The summed E-state index contributed by atoms with van der Waals surface area (Å²) in [7, 11) is 1.86. The van der Waals surface area contributed by atoms with E-state index in [1.54, 1.807) is 10.9 Å². The minimum atomic E-state index is -0.987. The summed E-state index contributed by atoms with van der Waals surface area (Å²) in [4.78, 5) is 21.2. The maximum Gasteiger partial charge on any atom is 0.274 e. The summed E-state index contributed by atoms with van der Waals surface area (Å²) in [5, 5.41) is 9.94. The van der Waals surface area contributed by atoms with E-state index in [9.17, 15) is 9.18 Å². The van der Waals surface area contributed by atoms with Crippen molar-refractivity contribution in [2.45, 2.75) is 18.6 Å². The average molecular weight is 395 g/mol. The molecule has 1 aromatic carbocycles. The van der Waals surface area contributed by atoms with Crippen LogP contribution in [0.25, 0.3) is 22.4 Å². The molecule has 3 aromatic rings. The number of halogens is 1. The highest BCUT2D eigenvalue weighted by atomic mass is 19.1. The smallest absolute Gasteiger partial charge is 0.274 e. The lowest BCUT2D eigenvalue weighted by Gasteiger charge is -2.26. The molecular weight excluding hydrogens is 373 g/mol. The molecule has 9 heteroatoms. The van der Waals surface area contributed by atoms with Gasteiger partial charge in [-0.1, -0.05) is 18.2 Å². The predicted molar refractivity (Wildman–Crippen MR) is 108 cm³/mol. The minimum Gasteiger partial charge on any atom is -0.382 e. The van der Waals surface area contributed by atoms with Crippen LogP contribution < -0.4 is 16.4 Å². The molecule has 1 saturated heterocycles. The molecule has 8 nitrogen and oxygen atoms in total. The molecule has 2 aromatic heterocycles. The molecule has 1 aliphatic rings. The molecule has 0 bridgehead atoms. The third kappa shape index (κ3) is 4.24. The van der Waals surface area contributed by atoms with Crippen molar-refractivity contribution in [1.29, 1.82) is 0 Å². The van der Waals surface area contributed by atoms with Crippen molar-refractivity contribution in [3.63, 3.8) is 0 Å². The van der Waals surface area contributed by atoms with E-state index in [1.165, 1.54) is 6.20 Å². The largest absolute Gasteiger partial charge is 0.382 e. The number of aromatic nitrogens is 4. The summed E-state index contributed by atoms with van der Waals surface area (Å²) in [6.45, 7) is 0.809. The van der Waals surface area contributed by atoms with Crippen LogP contribution in [0.2, 0.25) is 0 Å². The zero-order valence-electron chi connectivity index (χ0n) is 16.0. The summed E-state index contributed by atoms with van der Waals surface area (Å²) in [6.07, 6.45) is 4.51. The fourth-order valence-electron chi connectivity index (χ4n) is 3.39. The van der Waals surface area contributed by atoms with Crippen LogP contribution in [0.15, 0.2) is 42.9 Å². The van der Waals surface area contributed by atoms with Crippen LogP contribution in [0.5, 0.6) is 0 Å². The van der Waals surface area contributed by atoms with Gasteiger partial charge in [0.2, 0.25) is 0 Å². The Labute approximate surface area is 167 Å². The van der Waals surface area contributed by atoms with E-state index in [0.717, 1.165) is 16.7 Å². The average Bonchev–Trinajstić information content (AvgIpc) is 3.15. The lowest BCUT2D eigenvalue weighted by molar-refractivity contribution is 0.0914. The maximum absolute atomic E-state index is 13.6. The van der Waals surface area contributed by atoms with Crippen LogP contribution in [0.4, 0.5) is 10.2 Å². The molecule has 0 saturated carbocycles. The fourth-order valence-corrected chi connectivity index (χ4v) is 3.39. The highest BCUT2D eigenvalue weighted by Crippen LogP contribution is 2.25. The van der Waals surface area contributed by atoms with Crippen molar-refractivity contribution in [2.24, 2.45) is 7.05 Å². The number of nitrogens with two attached hydrogens (primary N) is 1. The molecule has 1 aliphatic heterocycles. The Bertz CT molecular complexity index is 1040. The van der Waals surface area contributed by atoms with Gasteiger partial charge in [0, 0.05) is 49.9 Å². The predicted octanol–water partition coefficient (Wildman–Crippen LogP) is 1.56. The number of nitrogens with one attached hydrogen (secondary N) is 2. The first-order valence-electron chi connectivity index (χ1n) is 9.37. The molecule has 4 rings (SSSR count). The normalized spacial score (nSPS) is 19.1. The molecule has 2 unspecified atom stereocenters. The Morgan fingerprint density at radius 2 is 2.10 bits per heavy atom. The van der Waals surface area contributed by atoms with Gasteiger partial charge in [-0.3, -0.25) is 9.48 Å². The molecule has 29 heavy (non-hydrogen) atoms. The number of hydrogen-bond acceptors (Lipinski definition) is 6.